The fourth-order valence-electron chi connectivity index (χ4n) is 4.72. The molecule has 1 rings (SSSR count). The second kappa shape index (κ2) is 13.1. The minimum atomic E-state index is -1.03. The molecular weight excluding hydrogens is 384 g/mol. The molecule has 30 heavy (non-hydrogen) atoms. The lowest BCUT2D eigenvalue weighted by Gasteiger charge is -2.27. The molecule has 2 nitrogen and oxygen atoms in total. The molecule has 1 unspecified atom stereocenters. The quantitative estimate of drug-likeness (QED) is 0.224. The zero-order chi connectivity index (χ0) is 22.8. The maximum atomic E-state index is 10.6. The van der Waals surface area contributed by atoms with Crippen LogP contribution in [0.5, 0.6) is 0 Å². The Labute approximate surface area is 189 Å². The van der Waals surface area contributed by atoms with Crippen LogP contribution in [0.25, 0.3) is 0 Å². The van der Waals surface area contributed by atoms with Gasteiger partial charge in [0.25, 0.3) is 0 Å². The van der Waals surface area contributed by atoms with Crippen LogP contribution in [-0.4, -0.2) is 19.5 Å². The fourth-order valence-corrected chi connectivity index (χ4v) is 6.72. The largest absolute Gasteiger partial charge is 0.469 e. The van der Waals surface area contributed by atoms with E-state index in [1.165, 1.54) is 80.7 Å². The molecule has 0 saturated carbocycles. The zero-order valence-corrected chi connectivity index (χ0v) is 22.7. The molecule has 0 radical (unpaired) electrons. The molecule has 1 atom stereocenters. The summed E-state index contributed by atoms with van der Waals surface area (Å²) in [7, 11) is -1.03. The molecule has 1 aromatic heterocycles. The predicted molar refractivity (Wildman–Crippen MR) is 136 cm³/mol. The van der Waals surface area contributed by atoms with Crippen molar-refractivity contribution in [3.8, 4) is 0 Å². The van der Waals surface area contributed by atoms with Crippen LogP contribution in [-0.2, 0) is 5.41 Å². The first-order valence-electron chi connectivity index (χ1n) is 12.8. The second-order valence-electron chi connectivity index (χ2n) is 11.5. The Morgan fingerprint density at radius 1 is 0.867 bits per heavy atom. The van der Waals surface area contributed by atoms with Gasteiger partial charge in [0.2, 0.25) is 0 Å². The molecule has 0 amide bonds. The maximum Gasteiger partial charge on any atom is 0.108 e. The van der Waals surface area contributed by atoms with Gasteiger partial charge in [0.15, 0.2) is 0 Å². The Bertz CT molecular complexity index is 575. The van der Waals surface area contributed by atoms with Gasteiger partial charge in [-0.3, -0.25) is 0 Å². The summed E-state index contributed by atoms with van der Waals surface area (Å²) >= 11 is 0. The van der Waals surface area contributed by atoms with Crippen LogP contribution in [0.2, 0.25) is 13.1 Å². The van der Waals surface area contributed by atoms with E-state index in [9.17, 15) is 5.11 Å². The van der Waals surface area contributed by atoms with Gasteiger partial charge in [-0.2, -0.15) is 0 Å². The number of hydrogen-bond acceptors (Lipinski definition) is 2. The Morgan fingerprint density at radius 3 is 1.80 bits per heavy atom. The van der Waals surface area contributed by atoms with E-state index in [1.807, 2.05) is 20.1 Å². The van der Waals surface area contributed by atoms with Crippen molar-refractivity contribution in [1.29, 1.82) is 0 Å². The van der Waals surface area contributed by atoms with E-state index in [4.69, 9.17) is 4.42 Å². The molecule has 0 aliphatic rings. The van der Waals surface area contributed by atoms with Crippen LogP contribution in [0.4, 0.5) is 0 Å². The normalized spacial score (nSPS) is 13.9. The van der Waals surface area contributed by atoms with Crippen molar-refractivity contribution in [2.75, 3.05) is 0 Å². The first kappa shape index (κ1) is 27.5. The highest BCUT2D eigenvalue weighted by molar-refractivity contribution is 6.71. The molecule has 0 aromatic carbocycles. The lowest BCUT2D eigenvalue weighted by molar-refractivity contribution is 0.0616. The molecule has 0 saturated heterocycles. The van der Waals surface area contributed by atoms with Gasteiger partial charge in [-0.1, -0.05) is 105 Å². The van der Waals surface area contributed by atoms with E-state index >= 15 is 0 Å². The van der Waals surface area contributed by atoms with E-state index in [2.05, 4.69) is 40.8 Å². The Morgan fingerprint density at radius 2 is 1.37 bits per heavy atom. The van der Waals surface area contributed by atoms with Gasteiger partial charge in [-0.15, -0.1) is 0 Å². The topological polar surface area (TPSA) is 33.4 Å². The van der Waals surface area contributed by atoms with E-state index in [0.29, 0.717) is 5.92 Å². The maximum absolute atomic E-state index is 10.6. The number of unbranched alkanes of at least 4 members (excludes halogenated alkanes) is 9. The summed E-state index contributed by atoms with van der Waals surface area (Å²) in [6.07, 6.45) is 17.7. The molecule has 1 N–H and O–H groups in total. The van der Waals surface area contributed by atoms with E-state index < -0.39 is 14.4 Å². The Kier molecular flexibility index (Phi) is 12.0. The lowest BCUT2D eigenvalue weighted by atomic mass is 9.84. The van der Waals surface area contributed by atoms with Crippen molar-refractivity contribution >= 4 is 14.0 Å². The van der Waals surface area contributed by atoms with Crippen molar-refractivity contribution in [3.05, 3.63) is 17.6 Å². The molecule has 1 aromatic rings. The molecule has 0 bridgehead atoms. The molecule has 0 fully saturated rings. The van der Waals surface area contributed by atoms with Gasteiger partial charge < -0.3 is 9.52 Å². The van der Waals surface area contributed by atoms with Crippen molar-refractivity contribution in [1.82, 2.24) is 0 Å². The summed E-state index contributed by atoms with van der Waals surface area (Å²) in [6, 6.07) is 0. The molecular formula is C27H52O2Si. The van der Waals surface area contributed by atoms with Crippen LogP contribution in [0.1, 0.15) is 136 Å². The second-order valence-corrected chi connectivity index (χ2v) is 14.4. The van der Waals surface area contributed by atoms with Crippen LogP contribution >= 0.6 is 0 Å². The number of furan rings is 1. The highest BCUT2D eigenvalue weighted by atomic mass is 28.3. The molecule has 176 valence electrons. The molecule has 3 heteroatoms. The Hall–Kier alpha value is -0.543. The van der Waals surface area contributed by atoms with E-state index in [1.54, 1.807) is 0 Å². The predicted octanol–water partition coefficient (Wildman–Crippen LogP) is 7.83. The summed E-state index contributed by atoms with van der Waals surface area (Å²) in [6.45, 7) is 17.8. The van der Waals surface area contributed by atoms with Gasteiger partial charge >= 0.3 is 0 Å². The molecule has 0 aliphatic carbocycles. The smallest absolute Gasteiger partial charge is 0.108 e. The van der Waals surface area contributed by atoms with Gasteiger partial charge in [0.1, 0.15) is 5.76 Å². The first-order valence-corrected chi connectivity index (χ1v) is 15.7. The summed E-state index contributed by atoms with van der Waals surface area (Å²) in [4.78, 5) is 0. The number of rotatable bonds is 15. The fraction of sp³-hybridized carbons (Fsp3) is 0.852. The molecule has 0 aliphatic heterocycles. The van der Waals surface area contributed by atoms with Crippen molar-refractivity contribution in [3.63, 3.8) is 0 Å². The zero-order valence-electron chi connectivity index (χ0n) is 21.6. The summed E-state index contributed by atoms with van der Waals surface area (Å²) in [5, 5.41) is 12.1. The van der Waals surface area contributed by atoms with Crippen LogP contribution in [0, 0.1) is 0 Å². The average molecular weight is 437 g/mol. The minimum Gasteiger partial charge on any atom is -0.469 e. The van der Waals surface area contributed by atoms with Crippen molar-refractivity contribution in [2.24, 2.45) is 0 Å². The van der Waals surface area contributed by atoms with Gasteiger partial charge in [0.05, 0.1) is 20.7 Å². The molecule has 0 spiro atoms. The summed E-state index contributed by atoms with van der Waals surface area (Å²) in [5.41, 5.74) is 0.805. The summed E-state index contributed by atoms with van der Waals surface area (Å²) in [5.74, 6) is 1.59. The van der Waals surface area contributed by atoms with Gasteiger partial charge in [-0.25, -0.2) is 0 Å². The van der Waals surface area contributed by atoms with Crippen LogP contribution in [0.15, 0.2) is 10.7 Å². The van der Waals surface area contributed by atoms with Crippen molar-refractivity contribution in [2.45, 2.75) is 149 Å². The molecule has 1 heterocycles. The van der Waals surface area contributed by atoms with E-state index in [-0.39, 0.29) is 5.41 Å². The first-order chi connectivity index (χ1) is 14.0. The third-order valence-electron chi connectivity index (χ3n) is 6.21. The van der Waals surface area contributed by atoms with Gasteiger partial charge in [0, 0.05) is 5.41 Å². The third-order valence-corrected chi connectivity index (χ3v) is 7.96. The SMILES string of the molecule is CCCCCCCCCCCCC(CC(C)(C)O)c1coc(C(C)(C)C)c1[SiH](C)C. The summed E-state index contributed by atoms with van der Waals surface area (Å²) < 4.78 is 6.17. The highest BCUT2D eigenvalue weighted by Gasteiger charge is 2.31. The number of aliphatic hydroxyl groups is 1. The van der Waals surface area contributed by atoms with Crippen LogP contribution < -0.4 is 5.19 Å². The Balaban J connectivity index is 2.66. The van der Waals surface area contributed by atoms with Crippen molar-refractivity contribution < 1.29 is 9.52 Å². The highest BCUT2D eigenvalue weighted by Crippen LogP contribution is 2.34. The minimum absolute atomic E-state index is 0.0429. The number of hydrogen-bond donors (Lipinski definition) is 1. The van der Waals surface area contributed by atoms with Gasteiger partial charge in [-0.05, 0) is 43.4 Å². The van der Waals surface area contributed by atoms with E-state index in [0.717, 1.165) is 12.8 Å². The monoisotopic (exact) mass is 436 g/mol. The standard InChI is InChI=1S/C27H52O2Si/c1-9-10-11-12-13-14-15-16-17-18-19-22(20-27(5,6)28)23-21-29-25(26(2,3)4)24(23)30(7)8/h21-22,28,30H,9-20H2,1-8H3. The lowest BCUT2D eigenvalue weighted by Crippen LogP contribution is -2.35. The van der Waals surface area contributed by atoms with Crippen LogP contribution in [0.3, 0.4) is 0 Å². The average Bonchev–Trinajstić information content (AvgIpc) is 3.07. The third kappa shape index (κ3) is 10.2.